The zero-order valence-electron chi connectivity index (χ0n) is 10.2. The van der Waals surface area contributed by atoms with Crippen LogP contribution in [-0.4, -0.2) is 12.6 Å². The Bertz CT molecular complexity index is 366. The average Bonchev–Trinajstić information content (AvgIpc) is 2.29. The number of ether oxygens (including phenoxy) is 1. The summed E-state index contributed by atoms with van der Waals surface area (Å²) < 4.78 is 5.17. The van der Waals surface area contributed by atoms with E-state index in [1.165, 1.54) is 19.3 Å². The van der Waals surface area contributed by atoms with Crippen LogP contribution in [0.15, 0.2) is 30.3 Å². The van der Waals surface area contributed by atoms with Gasteiger partial charge in [-0.15, -0.1) is 0 Å². The minimum Gasteiger partial charge on any atom is -0.410 e. The molecular weight excluding hydrogens is 214 g/mol. The smallest absolute Gasteiger partial charge is 0.410 e. The molecule has 0 heterocycles. The maximum Gasteiger partial charge on any atom is 0.412 e. The number of nitrogens with one attached hydrogen (secondary N) is 1. The van der Waals surface area contributed by atoms with E-state index in [0.717, 1.165) is 13.0 Å². The fraction of sp³-hybridized carbons (Fsp3) is 0.500. The van der Waals surface area contributed by atoms with Crippen LogP contribution in [0.4, 0.5) is 4.79 Å². The second-order valence-corrected chi connectivity index (χ2v) is 4.76. The van der Waals surface area contributed by atoms with E-state index >= 15 is 0 Å². The molecule has 1 aliphatic carbocycles. The zero-order valence-corrected chi connectivity index (χ0v) is 10.2. The summed E-state index contributed by atoms with van der Waals surface area (Å²) in [4.78, 5) is 11.6. The van der Waals surface area contributed by atoms with Crippen molar-refractivity contribution in [3.05, 3.63) is 30.3 Å². The van der Waals surface area contributed by atoms with Crippen molar-refractivity contribution < 1.29 is 9.53 Å². The van der Waals surface area contributed by atoms with Gasteiger partial charge in [0.1, 0.15) is 5.75 Å². The first-order valence-corrected chi connectivity index (χ1v) is 6.25. The van der Waals surface area contributed by atoms with Gasteiger partial charge in [0.25, 0.3) is 0 Å². The molecule has 0 bridgehead atoms. The largest absolute Gasteiger partial charge is 0.412 e. The van der Waals surface area contributed by atoms with Gasteiger partial charge in [0.15, 0.2) is 0 Å². The van der Waals surface area contributed by atoms with Gasteiger partial charge < -0.3 is 10.1 Å². The lowest BCUT2D eigenvalue weighted by Crippen LogP contribution is -2.42. The number of carbonyl (C=O) groups excluding carboxylic acids is 1. The summed E-state index contributed by atoms with van der Waals surface area (Å²) in [7, 11) is 0. The van der Waals surface area contributed by atoms with E-state index in [1.807, 2.05) is 18.2 Å². The number of para-hydroxylation sites is 1. The number of benzene rings is 1. The first-order chi connectivity index (χ1) is 8.24. The molecule has 0 saturated heterocycles. The maximum atomic E-state index is 11.6. The average molecular weight is 233 g/mol. The van der Waals surface area contributed by atoms with Crippen molar-refractivity contribution in [1.29, 1.82) is 0 Å². The first-order valence-electron chi connectivity index (χ1n) is 6.25. The highest BCUT2D eigenvalue weighted by Crippen LogP contribution is 2.42. The Balaban J connectivity index is 1.78. The van der Waals surface area contributed by atoms with E-state index in [0.29, 0.717) is 11.2 Å². The molecule has 1 aromatic rings. The Morgan fingerprint density at radius 2 is 2.06 bits per heavy atom. The topological polar surface area (TPSA) is 38.3 Å². The van der Waals surface area contributed by atoms with Gasteiger partial charge >= 0.3 is 6.09 Å². The van der Waals surface area contributed by atoms with Crippen LogP contribution >= 0.6 is 0 Å². The van der Waals surface area contributed by atoms with Gasteiger partial charge in [-0.2, -0.15) is 0 Å². The molecule has 0 atom stereocenters. The molecule has 1 N–H and O–H groups in total. The van der Waals surface area contributed by atoms with Crippen LogP contribution in [0.1, 0.15) is 32.6 Å². The quantitative estimate of drug-likeness (QED) is 0.866. The molecule has 0 radical (unpaired) electrons. The Morgan fingerprint density at radius 3 is 2.59 bits per heavy atom. The maximum absolute atomic E-state index is 11.6. The number of amides is 1. The third kappa shape index (κ3) is 2.99. The van der Waals surface area contributed by atoms with Crippen molar-refractivity contribution in [3.8, 4) is 5.75 Å². The fourth-order valence-corrected chi connectivity index (χ4v) is 2.22. The Kier molecular flexibility index (Phi) is 3.67. The molecule has 2 rings (SSSR count). The molecule has 1 aromatic carbocycles. The second kappa shape index (κ2) is 5.21. The molecular formula is C14H19NO2. The standard InChI is InChI=1S/C14H19NO2/c1-2-14(9-6-10-14)11-15-13(16)17-12-7-4-3-5-8-12/h3-5,7-8H,2,6,9-11H2,1H3,(H,15,16). The van der Waals surface area contributed by atoms with E-state index < -0.39 is 0 Å². The highest BCUT2D eigenvalue weighted by atomic mass is 16.6. The van der Waals surface area contributed by atoms with Gasteiger partial charge in [-0.25, -0.2) is 4.79 Å². The summed E-state index contributed by atoms with van der Waals surface area (Å²) in [5.74, 6) is 0.587. The summed E-state index contributed by atoms with van der Waals surface area (Å²) in [6, 6.07) is 9.15. The number of rotatable bonds is 4. The predicted molar refractivity (Wildman–Crippen MR) is 67.0 cm³/mol. The third-order valence-electron chi connectivity index (χ3n) is 3.73. The highest BCUT2D eigenvalue weighted by molar-refractivity contribution is 5.70. The van der Waals surface area contributed by atoms with Gasteiger partial charge in [-0.1, -0.05) is 31.5 Å². The molecule has 0 unspecified atom stereocenters. The Hall–Kier alpha value is -1.51. The molecule has 3 heteroatoms. The molecule has 1 saturated carbocycles. The Morgan fingerprint density at radius 1 is 1.35 bits per heavy atom. The monoisotopic (exact) mass is 233 g/mol. The van der Waals surface area contributed by atoms with Crippen molar-refractivity contribution in [2.45, 2.75) is 32.6 Å². The third-order valence-corrected chi connectivity index (χ3v) is 3.73. The summed E-state index contributed by atoms with van der Waals surface area (Å²) in [5, 5.41) is 2.86. The molecule has 1 aliphatic rings. The molecule has 92 valence electrons. The lowest BCUT2D eigenvalue weighted by molar-refractivity contribution is 0.120. The SMILES string of the molecule is CCC1(CNC(=O)Oc2ccccc2)CCC1. The van der Waals surface area contributed by atoms with Crippen LogP contribution in [0, 0.1) is 5.41 Å². The predicted octanol–water partition coefficient (Wildman–Crippen LogP) is 3.36. The van der Waals surface area contributed by atoms with Crippen molar-refractivity contribution in [2.75, 3.05) is 6.54 Å². The van der Waals surface area contributed by atoms with Crippen LogP contribution < -0.4 is 10.1 Å². The summed E-state index contributed by atoms with van der Waals surface area (Å²) in [6.45, 7) is 2.92. The van der Waals surface area contributed by atoms with Crippen LogP contribution in [0.2, 0.25) is 0 Å². The molecule has 0 aromatic heterocycles. The first kappa shape index (κ1) is 12.0. The molecule has 0 aliphatic heterocycles. The van der Waals surface area contributed by atoms with Gasteiger partial charge in [-0.05, 0) is 36.8 Å². The molecule has 3 nitrogen and oxygen atoms in total. The fourth-order valence-electron chi connectivity index (χ4n) is 2.22. The summed E-state index contributed by atoms with van der Waals surface area (Å²) >= 11 is 0. The molecule has 1 fully saturated rings. The Labute approximate surface area is 102 Å². The van der Waals surface area contributed by atoms with E-state index in [2.05, 4.69) is 12.2 Å². The lowest BCUT2D eigenvalue weighted by Gasteiger charge is -2.41. The lowest BCUT2D eigenvalue weighted by atomic mass is 9.67. The van der Waals surface area contributed by atoms with Crippen LogP contribution in [-0.2, 0) is 0 Å². The van der Waals surface area contributed by atoms with E-state index in [4.69, 9.17) is 4.74 Å². The number of hydrogen-bond donors (Lipinski definition) is 1. The normalized spacial score (nSPS) is 17.0. The minimum absolute atomic E-state index is 0.329. The van der Waals surface area contributed by atoms with E-state index in [-0.39, 0.29) is 6.09 Å². The van der Waals surface area contributed by atoms with Gasteiger partial charge in [0.2, 0.25) is 0 Å². The van der Waals surface area contributed by atoms with Crippen molar-refractivity contribution >= 4 is 6.09 Å². The zero-order chi connectivity index (χ0) is 12.1. The number of carbonyl (C=O) groups is 1. The van der Waals surface area contributed by atoms with E-state index in [9.17, 15) is 4.79 Å². The molecule has 17 heavy (non-hydrogen) atoms. The van der Waals surface area contributed by atoms with Gasteiger partial charge in [-0.3, -0.25) is 0 Å². The molecule has 1 amide bonds. The van der Waals surface area contributed by atoms with Crippen molar-refractivity contribution in [3.63, 3.8) is 0 Å². The second-order valence-electron chi connectivity index (χ2n) is 4.76. The van der Waals surface area contributed by atoms with Crippen LogP contribution in [0.3, 0.4) is 0 Å². The van der Waals surface area contributed by atoms with Crippen molar-refractivity contribution in [2.24, 2.45) is 5.41 Å². The van der Waals surface area contributed by atoms with Gasteiger partial charge in [0.05, 0.1) is 0 Å². The van der Waals surface area contributed by atoms with Gasteiger partial charge in [0, 0.05) is 6.54 Å². The van der Waals surface area contributed by atoms with E-state index in [1.54, 1.807) is 12.1 Å². The molecule has 0 spiro atoms. The highest BCUT2D eigenvalue weighted by Gasteiger charge is 2.35. The van der Waals surface area contributed by atoms with Crippen molar-refractivity contribution in [1.82, 2.24) is 5.32 Å². The van der Waals surface area contributed by atoms with Crippen LogP contribution in [0.5, 0.6) is 5.75 Å². The van der Waals surface area contributed by atoms with Crippen LogP contribution in [0.25, 0.3) is 0 Å². The summed E-state index contributed by atoms with van der Waals surface area (Å²) in [6.07, 6.45) is 4.49. The summed E-state index contributed by atoms with van der Waals surface area (Å²) in [5.41, 5.74) is 0.329. The minimum atomic E-state index is -0.351. The number of hydrogen-bond acceptors (Lipinski definition) is 2.